The van der Waals surface area contributed by atoms with Crippen LogP contribution in [0.3, 0.4) is 0 Å². The van der Waals surface area contributed by atoms with E-state index in [2.05, 4.69) is 10.3 Å². The fourth-order valence-corrected chi connectivity index (χ4v) is 3.23. The van der Waals surface area contributed by atoms with Crippen LogP contribution in [0.5, 0.6) is 0 Å². The summed E-state index contributed by atoms with van der Waals surface area (Å²) in [5.41, 5.74) is 0.790. The Labute approximate surface area is 99.8 Å². The first-order valence-corrected chi connectivity index (χ1v) is 6.84. The molecule has 0 atom stereocenters. The number of hydrogen-bond donors (Lipinski definition) is 0. The van der Waals surface area contributed by atoms with Gasteiger partial charge in [-0.2, -0.15) is 11.8 Å². The minimum atomic E-state index is 0.303. The Bertz CT molecular complexity index is 358. The molecule has 88 valence electrons. The zero-order chi connectivity index (χ0) is 11.4. The van der Waals surface area contributed by atoms with Gasteiger partial charge in [-0.05, 0) is 30.3 Å². The number of nitrogens with zero attached hydrogens (tertiary/aromatic N) is 3. The zero-order valence-corrected chi connectivity index (χ0v) is 10.4. The van der Waals surface area contributed by atoms with Crippen molar-refractivity contribution in [3.8, 4) is 0 Å². The van der Waals surface area contributed by atoms with Crippen LogP contribution in [0.15, 0.2) is 6.20 Å². The normalized spacial score (nSPS) is 17.6. The van der Waals surface area contributed by atoms with E-state index in [-0.39, 0.29) is 0 Å². The number of rotatable bonds is 4. The maximum Gasteiger partial charge on any atom is 0.139 e. The van der Waals surface area contributed by atoms with Gasteiger partial charge in [0.15, 0.2) is 0 Å². The third-order valence-electron chi connectivity index (χ3n) is 2.89. The van der Waals surface area contributed by atoms with E-state index in [4.69, 9.17) is 0 Å². The minimum absolute atomic E-state index is 0.303. The van der Waals surface area contributed by atoms with E-state index in [9.17, 15) is 4.79 Å². The average molecular weight is 239 g/mol. The van der Waals surface area contributed by atoms with Crippen LogP contribution in [0.1, 0.15) is 25.0 Å². The van der Waals surface area contributed by atoms with Crippen molar-refractivity contribution in [1.82, 2.24) is 15.0 Å². The second-order valence-electron chi connectivity index (χ2n) is 4.36. The van der Waals surface area contributed by atoms with Crippen LogP contribution in [0, 0.1) is 5.92 Å². The van der Waals surface area contributed by atoms with E-state index in [0.717, 1.165) is 12.1 Å². The standard InChI is InChI=1S/C11H17N3OS/c1-14-8-10(12-13-14)7-11(15)6-9-2-4-16-5-3-9/h8-9H,2-7H2,1H3. The fourth-order valence-electron chi connectivity index (χ4n) is 2.02. The molecule has 2 heterocycles. The van der Waals surface area contributed by atoms with Gasteiger partial charge in [-0.1, -0.05) is 5.21 Å². The third-order valence-corrected chi connectivity index (χ3v) is 3.93. The highest BCUT2D eigenvalue weighted by Crippen LogP contribution is 2.25. The van der Waals surface area contributed by atoms with Crippen LogP contribution in [-0.2, 0) is 18.3 Å². The molecule has 1 saturated heterocycles. The lowest BCUT2D eigenvalue weighted by Gasteiger charge is -2.20. The molecule has 0 amide bonds. The lowest BCUT2D eigenvalue weighted by molar-refractivity contribution is -0.119. The highest BCUT2D eigenvalue weighted by atomic mass is 32.2. The Morgan fingerprint density at radius 2 is 2.31 bits per heavy atom. The topological polar surface area (TPSA) is 47.8 Å². The largest absolute Gasteiger partial charge is 0.299 e. The Kier molecular flexibility index (Phi) is 3.98. The number of carbonyl (C=O) groups is 1. The first-order chi connectivity index (χ1) is 7.74. The molecular formula is C11H17N3OS. The quantitative estimate of drug-likeness (QED) is 0.798. The van der Waals surface area contributed by atoms with Crippen LogP contribution in [0.25, 0.3) is 0 Å². The summed E-state index contributed by atoms with van der Waals surface area (Å²) in [7, 11) is 1.82. The minimum Gasteiger partial charge on any atom is -0.299 e. The van der Waals surface area contributed by atoms with Crippen LogP contribution >= 0.6 is 11.8 Å². The van der Waals surface area contributed by atoms with Gasteiger partial charge in [0, 0.05) is 19.7 Å². The van der Waals surface area contributed by atoms with E-state index in [1.807, 2.05) is 25.0 Å². The van der Waals surface area contributed by atoms with E-state index < -0.39 is 0 Å². The lowest BCUT2D eigenvalue weighted by atomic mass is 9.95. The second-order valence-corrected chi connectivity index (χ2v) is 5.58. The summed E-state index contributed by atoms with van der Waals surface area (Å²) in [6.07, 6.45) is 5.36. The summed E-state index contributed by atoms with van der Waals surface area (Å²) < 4.78 is 1.64. The van der Waals surface area contributed by atoms with Gasteiger partial charge in [0.1, 0.15) is 5.78 Å². The van der Waals surface area contributed by atoms with Gasteiger partial charge in [-0.25, -0.2) is 0 Å². The number of ketones is 1. The van der Waals surface area contributed by atoms with Crippen molar-refractivity contribution in [2.24, 2.45) is 13.0 Å². The highest BCUT2D eigenvalue weighted by molar-refractivity contribution is 7.99. The number of thioether (sulfide) groups is 1. The fraction of sp³-hybridized carbons (Fsp3) is 0.727. The van der Waals surface area contributed by atoms with Crippen molar-refractivity contribution in [2.75, 3.05) is 11.5 Å². The van der Waals surface area contributed by atoms with Gasteiger partial charge in [-0.15, -0.1) is 5.10 Å². The molecule has 0 unspecified atom stereocenters. The van der Waals surface area contributed by atoms with Crippen molar-refractivity contribution in [3.63, 3.8) is 0 Å². The van der Waals surface area contributed by atoms with Gasteiger partial charge in [0.2, 0.25) is 0 Å². The number of aromatic nitrogens is 3. The molecule has 0 aliphatic carbocycles. The van der Waals surface area contributed by atoms with Gasteiger partial charge >= 0.3 is 0 Å². The summed E-state index contributed by atoms with van der Waals surface area (Å²) in [6, 6.07) is 0. The van der Waals surface area contributed by atoms with Gasteiger partial charge in [0.05, 0.1) is 12.1 Å². The predicted molar refractivity (Wildman–Crippen MR) is 64.4 cm³/mol. The second kappa shape index (κ2) is 5.48. The van der Waals surface area contributed by atoms with Gasteiger partial charge in [0.25, 0.3) is 0 Å². The van der Waals surface area contributed by atoms with Crippen molar-refractivity contribution < 1.29 is 4.79 Å². The average Bonchev–Trinajstić information content (AvgIpc) is 2.65. The maximum absolute atomic E-state index is 11.8. The highest BCUT2D eigenvalue weighted by Gasteiger charge is 2.17. The Balaban J connectivity index is 1.79. The van der Waals surface area contributed by atoms with E-state index in [1.165, 1.54) is 24.3 Å². The molecule has 2 rings (SSSR count). The summed E-state index contributed by atoms with van der Waals surface area (Å²) >= 11 is 2.00. The van der Waals surface area contributed by atoms with Crippen LogP contribution in [-0.4, -0.2) is 32.3 Å². The molecule has 5 heteroatoms. The molecule has 0 radical (unpaired) electrons. The van der Waals surface area contributed by atoms with E-state index in [1.54, 1.807) is 4.68 Å². The van der Waals surface area contributed by atoms with Gasteiger partial charge in [-0.3, -0.25) is 9.48 Å². The molecule has 1 aliphatic heterocycles. The molecule has 0 saturated carbocycles. The Hall–Kier alpha value is -0.840. The smallest absolute Gasteiger partial charge is 0.139 e. The Morgan fingerprint density at radius 3 is 2.94 bits per heavy atom. The van der Waals surface area contributed by atoms with Crippen LogP contribution in [0.2, 0.25) is 0 Å². The predicted octanol–water partition coefficient (Wildman–Crippen LogP) is 1.46. The van der Waals surface area contributed by atoms with Gasteiger partial charge < -0.3 is 0 Å². The monoisotopic (exact) mass is 239 g/mol. The Morgan fingerprint density at radius 1 is 1.56 bits per heavy atom. The maximum atomic E-state index is 11.8. The SMILES string of the molecule is Cn1cc(CC(=O)CC2CCSCC2)nn1. The molecule has 4 nitrogen and oxygen atoms in total. The molecule has 1 fully saturated rings. The first kappa shape index (κ1) is 11.6. The lowest BCUT2D eigenvalue weighted by Crippen LogP contribution is -2.15. The molecule has 1 aromatic rings. The molecule has 0 N–H and O–H groups in total. The van der Waals surface area contributed by atoms with Crippen molar-refractivity contribution in [3.05, 3.63) is 11.9 Å². The zero-order valence-electron chi connectivity index (χ0n) is 9.56. The van der Waals surface area contributed by atoms with E-state index in [0.29, 0.717) is 18.1 Å². The summed E-state index contributed by atoms with van der Waals surface area (Å²) in [6.45, 7) is 0. The van der Waals surface area contributed by atoms with Crippen molar-refractivity contribution in [1.29, 1.82) is 0 Å². The summed E-state index contributed by atoms with van der Waals surface area (Å²) in [5.74, 6) is 3.33. The summed E-state index contributed by atoms with van der Waals surface area (Å²) in [5, 5.41) is 7.76. The van der Waals surface area contributed by atoms with Crippen molar-refractivity contribution in [2.45, 2.75) is 25.7 Å². The molecule has 1 aliphatic rings. The van der Waals surface area contributed by atoms with E-state index >= 15 is 0 Å². The summed E-state index contributed by atoms with van der Waals surface area (Å²) in [4.78, 5) is 11.8. The number of hydrogen-bond acceptors (Lipinski definition) is 4. The number of carbonyl (C=O) groups excluding carboxylic acids is 1. The number of aryl methyl sites for hydroxylation is 1. The van der Waals surface area contributed by atoms with Crippen LogP contribution in [0.4, 0.5) is 0 Å². The molecule has 0 aromatic carbocycles. The van der Waals surface area contributed by atoms with Crippen LogP contribution < -0.4 is 0 Å². The first-order valence-electron chi connectivity index (χ1n) is 5.68. The molecule has 0 bridgehead atoms. The molecule has 0 spiro atoms. The third kappa shape index (κ3) is 3.33. The molecule has 1 aromatic heterocycles. The molecular weight excluding hydrogens is 222 g/mol. The number of Topliss-reactive ketones (excluding diaryl/α,β-unsaturated/α-hetero) is 1. The molecule has 16 heavy (non-hydrogen) atoms. The van der Waals surface area contributed by atoms with Crippen molar-refractivity contribution >= 4 is 17.5 Å².